The molecule has 0 fully saturated rings. The van der Waals surface area contributed by atoms with Gasteiger partial charge in [0, 0.05) is 25.7 Å². The molecule has 1 amide bonds. The molecule has 1 atom stereocenters. The Kier molecular flexibility index (Phi) is 4.77. The van der Waals surface area contributed by atoms with Crippen LogP contribution in [0.15, 0.2) is 29.1 Å². The van der Waals surface area contributed by atoms with Crippen LogP contribution in [0.3, 0.4) is 0 Å². The third-order valence-electron chi connectivity index (χ3n) is 4.19. The van der Waals surface area contributed by atoms with E-state index in [9.17, 15) is 19.8 Å². The summed E-state index contributed by atoms with van der Waals surface area (Å²) in [6.07, 6.45) is -0.929. The van der Waals surface area contributed by atoms with E-state index in [2.05, 4.69) is 0 Å². The van der Waals surface area contributed by atoms with Crippen LogP contribution in [0, 0.1) is 0 Å². The van der Waals surface area contributed by atoms with Gasteiger partial charge in [-0.25, -0.2) is 0 Å². The van der Waals surface area contributed by atoms with Crippen LogP contribution in [-0.2, 0) is 13.1 Å². The average molecular weight is 383 g/mol. The molecule has 3 rings (SSSR count). The van der Waals surface area contributed by atoms with Gasteiger partial charge in [-0.2, -0.15) is 0 Å². The number of nitrogens with zero attached hydrogens (tertiary/aromatic N) is 2. The molecule has 0 bridgehead atoms. The molecule has 0 spiro atoms. The Hall–Kier alpha value is -2.02. The van der Waals surface area contributed by atoms with E-state index in [4.69, 9.17) is 23.2 Å². The Morgan fingerprint density at radius 3 is 2.52 bits per heavy atom. The maximum atomic E-state index is 12.8. The van der Waals surface area contributed by atoms with Crippen molar-refractivity contribution < 1.29 is 15.0 Å². The van der Waals surface area contributed by atoms with Crippen LogP contribution in [0.5, 0.6) is 5.75 Å². The molecule has 0 aliphatic carbocycles. The van der Waals surface area contributed by atoms with E-state index in [1.807, 2.05) is 0 Å². The average Bonchev–Trinajstić information content (AvgIpc) is 2.56. The number of fused-ring (bicyclic) bond motifs is 1. The van der Waals surface area contributed by atoms with Crippen molar-refractivity contribution in [2.45, 2.75) is 26.1 Å². The van der Waals surface area contributed by atoms with Crippen LogP contribution in [0.1, 0.15) is 34.8 Å². The molecule has 1 aliphatic heterocycles. The Morgan fingerprint density at radius 2 is 1.88 bits per heavy atom. The zero-order valence-corrected chi connectivity index (χ0v) is 14.9. The van der Waals surface area contributed by atoms with Gasteiger partial charge >= 0.3 is 0 Å². The maximum absolute atomic E-state index is 12.8. The fourth-order valence-corrected chi connectivity index (χ4v) is 3.26. The van der Waals surface area contributed by atoms with E-state index in [1.165, 1.54) is 16.4 Å². The van der Waals surface area contributed by atoms with Gasteiger partial charge in [-0.3, -0.25) is 9.59 Å². The zero-order chi connectivity index (χ0) is 18.3. The molecule has 0 saturated heterocycles. The van der Waals surface area contributed by atoms with E-state index < -0.39 is 23.2 Å². The number of aromatic nitrogens is 1. The summed E-state index contributed by atoms with van der Waals surface area (Å²) in [6.45, 7) is 2.50. The number of pyridine rings is 1. The molecule has 1 aromatic carbocycles. The number of halogens is 2. The van der Waals surface area contributed by atoms with Crippen molar-refractivity contribution in [1.29, 1.82) is 0 Å². The predicted molar refractivity (Wildman–Crippen MR) is 94.2 cm³/mol. The highest BCUT2D eigenvalue weighted by Crippen LogP contribution is 2.27. The van der Waals surface area contributed by atoms with Crippen molar-refractivity contribution in [3.05, 3.63) is 61.5 Å². The van der Waals surface area contributed by atoms with Gasteiger partial charge in [0.25, 0.3) is 5.91 Å². The molecule has 1 aromatic heterocycles. The second-order valence-electron chi connectivity index (χ2n) is 5.93. The Bertz CT molecular complexity index is 908. The number of aliphatic hydroxyl groups excluding tert-OH is 1. The number of aliphatic hydroxyl groups is 1. The van der Waals surface area contributed by atoms with Crippen molar-refractivity contribution in [3.8, 4) is 5.75 Å². The zero-order valence-electron chi connectivity index (χ0n) is 13.4. The lowest BCUT2D eigenvalue weighted by molar-refractivity contribution is 0.0674. The van der Waals surface area contributed by atoms with Gasteiger partial charge in [-0.15, -0.1) is 0 Å². The first-order valence-corrected chi connectivity index (χ1v) is 8.43. The van der Waals surface area contributed by atoms with Gasteiger partial charge in [0.1, 0.15) is 0 Å². The van der Waals surface area contributed by atoms with E-state index in [-0.39, 0.29) is 12.2 Å². The first-order chi connectivity index (χ1) is 11.8. The molecule has 2 heterocycles. The summed E-state index contributed by atoms with van der Waals surface area (Å²) < 4.78 is 1.50. The highest BCUT2D eigenvalue weighted by atomic mass is 35.5. The summed E-state index contributed by atoms with van der Waals surface area (Å²) in [4.78, 5) is 26.2. The summed E-state index contributed by atoms with van der Waals surface area (Å²) >= 11 is 11.9. The lowest BCUT2D eigenvalue weighted by Gasteiger charge is -2.32. The summed E-state index contributed by atoms with van der Waals surface area (Å²) in [5, 5.41) is 20.7. The molecule has 25 heavy (non-hydrogen) atoms. The van der Waals surface area contributed by atoms with Crippen molar-refractivity contribution in [1.82, 2.24) is 9.47 Å². The van der Waals surface area contributed by atoms with Gasteiger partial charge in [-0.1, -0.05) is 29.3 Å². The van der Waals surface area contributed by atoms with Gasteiger partial charge < -0.3 is 19.7 Å². The molecule has 8 heteroatoms. The lowest BCUT2D eigenvalue weighted by atomic mass is 10.1. The topological polar surface area (TPSA) is 82.8 Å². The van der Waals surface area contributed by atoms with Crippen LogP contribution in [0.2, 0.25) is 10.0 Å². The largest absolute Gasteiger partial charge is 0.503 e. The third kappa shape index (κ3) is 3.25. The van der Waals surface area contributed by atoms with E-state index in [1.54, 1.807) is 18.2 Å². The highest BCUT2D eigenvalue weighted by Gasteiger charge is 2.30. The van der Waals surface area contributed by atoms with Gasteiger partial charge in [-0.05, 0) is 24.6 Å². The number of rotatable bonds is 3. The molecule has 2 N–H and O–H groups in total. The van der Waals surface area contributed by atoms with Crippen molar-refractivity contribution in [2.24, 2.45) is 0 Å². The first-order valence-electron chi connectivity index (χ1n) is 7.67. The molecule has 0 radical (unpaired) electrons. The minimum Gasteiger partial charge on any atom is -0.503 e. The molecular formula is C17H16Cl2N2O4. The standard InChI is InChI=1S/C17H16Cl2N2O4/c1-9(22)13-7-14(23)16(24)15-17(25)20(4-5-21(13)15)8-10-2-3-11(18)12(19)6-10/h2-3,6-7,9,22,24H,4-5,8H2,1H3. The fourth-order valence-electron chi connectivity index (χ4n) is 2.94. The van der Waals surface area contributed by atoms with Crippen LogP contribution in [-0.4, -0.2) is 32.1 Å². The van der Waals surface area contributed by atoms with Gasteiger partial charge in [0.2, 0.25) is 5.43 Å². The summed E-state index contributed by atoms with van der Waals surface area (Å²) in [7, 11) is 0. The van der Waals surface area contributed by atoms with Crippen molar-refractivity contribution >= 4 is 29.1 Å². The molecule has 1 aliphatic rings. The van der Waals surface area contributed by atoms with Crippen molar-refractivity contribution in [3.63, 3.8) is 0 Å². The quantitative estimate of drug-likeness (QED) is 0.854. The Labute approximate surface area is 153 Å². The van der Waals surface area contributed by atoms with Crippen LogP contribution >= 0.6 is 23.2 Å². The second-order valence-corrected chi connectivity index (χ2v) is 6.75. The third-order valence-corrected chi connectivity index (χ3v) is 4.93. The molecule has 132 valence electrons. The summed E-state index contributed by atoms with van der Waals surface area (Å²) in [5.74, 6) is -1.08. The number of benzene rings is 1. The Balaban J connectivity index is 1.98. The summed E-state index contributed by atoms with van der Waals surface area (Å²) in [5.41, 5.74) is 0.298. The highest BCUT2D eigenvalue weighted by molar-refractivity contribution is 6.42. The first kappa shape index (κ1) is 17.8. The molecule has 2 aromatic rings. The smallest absolute Gasteiger partial charge is 0.274 e. The molecule has 6 nitrogen and oxygen atoms in total. The number of carbonyl (C=O) groups is 1. The lowest BCUT2D eigenvalue weighted by Crippen LogP contribution is -2.42. The van der Waals surface area contributed by atoms with Gasteiger partial charge in [0.15, 0.2) is 11.4 Å². The number of aromatic hydroxyl groups is 1. The SMILES string of the molecule is CC(O)c1cc(=O)c(O)c2n1CCN(Cc1ccc(Cl)c(Cl)c1)C2=O. The predicted octanol–water partition coefficient (Wildman–Crippen LogP) is 2.57. The number of carbonyl (C=O) groups excluding carboxylic acids is 1. The summed E-state index contributed by atoms with van der Waals surface area (Å²) in [6, 6.07) is 6.24. The van der Waals surface area contributed by atoms with E-state index in [0.717, 1.165) is 11.6 Å². The maximum Gasteiger partial charge on any atom is 0.274 e. The second kappa shape index (κ2) is 6.71. The molecular weight excluding hydrogens is 367 g/mol. The monoisotopic (exact) mass is 382 g/mol. The van der Waals surface area contributed by atoms with Crippen molar-refractivity contribution in [2.75, 3.05) is 6.54 Å². The van der Waals surface area contributed by atoms with Crippen LogP contribution in [0.4, 0.5) is 0 Å². The number of amides is 1. The molecule has 1 unspecified atom stereocenters. The normalized spacial score (nSPS) is 15.2. The van der Waals surface area contributed by atoms with E-state index in [0.29, 0.717) is 28.8 Å². The van der Waals surface area contributed by atoms with Crippen LogP contribution < -0.4 is 5.43 Å². The van der Waals surface area contributed by atoms with Crippen LogP contribution in [0.25, 0.3) is 0 Å². The van der Waals surface area contributed by atoms with E-state index >= 15 is 0 Å². The Morgan fingerprint density at radius 1 is 1.16 bits per heavy atom. The minimum atomic E-state index is -0.929. The molecule has 0 saturated carbocycles. The van der Waals surface area contributed by atoms with Gasteiger partial charge in [0.05, 0.1) is 21.8 Å². The number of hydrogen-bond donors (Lipinski definition) is 2. The minimum absolute atomic E-state index is 0.102. The number of hydrogen-bond acceptors (Lipinski definition) is 4. The fraction of sp³-hybridized carbons (Fsp3) is 0.294.